The number of rotatable bonds is 4. The van der Waals surface area contributed by atoms with E-state index in [0.29, 0.717) is 5.04 Å². The molecule has 0 heterocycles. The first-order valence-electron chi connectivity index (χ1n) is 6.21. The van der Waals surface area contributed by atoms with Gasteiger partial charge in [-0.3, -0.25) is 13.9 Å². The van der Waals surface area contributed by atoms with Crippen molar-refractivity contribution in [3.05, 3.63) is 33.8 Å². The monoisotopic (exact) mass is 395 g/mol. The van der Waals surface area contributed by atoms with Crippen molar-refractivity contribution in [2.45, 2.75) is 6.92 Å². The van der Waals surface area contributed by atoms with Gasteiger partial charge in [-0.1, -0.05) is 34.4 Å². The Bertz CT molecular complexity index is 608. The first-order chi connectivity index (χ1) is 10.8. The van der Waals surface area contributed by atoms with E-state index in [1.807, 2.05) is 6.26 Å². The minimum absolute atomic E-state index is 0.170. The van der Waals surface area contributed by atoms with Crippen LogP contribution in [-0.2, 0) is 4.84 Å². The van der Waals surface area contributed by atoms with Crippen LogP contribution in [0.25, 0.3) is 0 Å². The van der Waals surface area contributed by atoms with E-state index in [-0.39, 0.29) is 15.6 Å². The van der Waals surface area contributed by atoms with Gasteiger partial charge in [0.25, 0.3) is 5.91 Å². The lowest BCUT2D eigenvalue weighted by Gasteiger charge is -2.21. The summed E-state index contributed by atoms with van der Waals surface area (Å²) in [5.74, 6) is -0.436. The zero-order valence-electron chi connectivity index (χ0n) is 12.9. The Labute approximate surface area is 153 Å². The molecule has 2 amide bonds. The molecule has 0 aliphatic heterocycles. The number of halogens is 2. The van der Waals surface area contributed by atoms with Crippen LogP contribution in [0.5, 0.6) is 0 Å². The number of carbonyl (C=O) groups excluding carboxylic acids is 2. The molecule has 0 aromatic heterocycles. The number of hydrogen-bond acceptors (Lipinski definition) is 6. The summed E-state index contributed by atoms with van der Waals surface area (Å²) in [5.41, 5.74) is 0.170. The van der Waals surface area contributed by atoms with Crippen molar-refractivity contribution in [3.8, 4) is 0 Å². The maximum Gasteiger partial charge on any atom is 0.447 e. The minimum atomic E-state index is -0.715. The standard InChI is InChI=1S/C13H15Cl2N3O3S2/c1-8(22-4)16-21-13(20)18(3)23-17(2)12(19)11-9(14)6-5-7-10(11)15/h5-7H,1-4H3/b16-8+. The third-order valence-corrected chi connectivity index (χ3v) is 4.61. The summed E-state index contributed by atoms with van der Waals surface area (Å²) in [5, 5.41) is 4.71. The number of oxime groups is 1. The van der Waals surface area contributed by atoms with Gasteiger partial charge in [0.1, 0.15) is 5.04 Å². The summed E-state index contributed by atoms with van der Waals surface area (Å²) in [4.78, 5) is 28.9. The zero-order valence-corrected chi connectivity index (χ0v) is 16.0. The molecule has 0 aliphatic rings. The van der Waals surface area contributed by atoms with Gasteiger partial charge in [-0.2, -0.15) is 0 Å². The normalized spacial score (nSPS) is 11.1. The zero-order chi connectivity index (χ0) is 17.6. The third-order valence-electron chi connectivity index (χ3n) is 2.51. The maximum absolute atomic E-state index is 12.4. The van der Waals surface area contributed by atoms with Crippen LogP contribution in [0.3, 0.4) is 0 Å². The molecule has 126 valence electrons. The summed E-state index contributed by atoms with van der Waals surface area (Å²) in [6.07, 6.45) is 1.10. The molecule has 0 N–H and O–H groups in total. The molecular weight excluding hydrogens is 381 g/mol. The molecule has 1 aromatic carbocycles. The second-order valence-electron chi connectivity index (χ2n) is 4.15. The fourth-order valence-corrected chi connectivity index (χ4v) is 2.62. The van der Waals surface area contributed by atoms with Gasteiger partial charge in [0.2, 0.25) is 0 Å². The van der Waals surface area contributed by atoms with E-state index in [4.69, 9.17) is 28.0 Å². The van der Waals surface area contributed by atoms with Gasteiger partial charge >= 0.3 is 6.09 Å². The molecule has 1 rings (SSSR count). The predicted molar refractivity (Wildman–Crippen MR) is 97.0 cm³/mol. The molecule has 0 saturated carbocycles. The number of benzene rings is 1. The minimum Gasteiger partial charge on any atom is -0.296 e. The summed E-state index contributed by atoms with van der Waals surface area (Å²) in [7, 11) is 2.95. The molecule has 23 heavy (non-hydrogen) atoms. The van der Waals surface area contributed by atoms with E-state index in [2.05, 4.69) is 5.16 Å². The number of thioether (sulfide) groups is 1. The summed E-state index contributed by atoms with van der Waals surface area (Å²) >= 11 is 14.2. The fourth-order valence-electron chi connectivity index (χ4n) is 1.31. The van der Waals surface area contributed by atoms with Crippen LogP contribution in [0.1, 0.15) is 17.3 Å². The van der Waals surface area contributed by atoms with Crippen LogP contribution in [0.15, 0.2) is 23.4 Å². The Morgan fingerprint density at radius 3 is 2.26 bits per heavy atom. The van der Waals surface area contributed by atoms with E-state index < -0.39 is 12.0 Å². The van der Waals surface area contributed by atoms with E-state index in [1.165, 1.54) is 30.2 Å². The van der Waals surface area contributed by atoms with Crippen LogP contribution < -0.4 is 0 Å². The highest BCUT2D eigenvalue weighted by Crippen LogP contribution is 2.27. The number of hydrogen-bond donors (Lipinski definition) is 0. The SMILES string of the molecule is CS/C(C)=N/OC(=O)N(C)SN(C)C(=O)c1c(Cl)cccc1Cl. The Morgan fingerprint density at radius 1 is 1.17 bits per heavy atom. The first kappa shape index (κ1) is 20.0. The first-order valence-corrected chi connectivity index (χ1v) is 8.92. The smallest absolute Gasteiger partial charge is 0.296 e. The molecule has 10 heteroatoms. The second kappa shape index (κ2) is 9.27. The van der Waals surface area contributed by atoms with Crippen molar-refractivity contribution in [2.75, 3.05) is 20.4 Å². The van der Waals surface area contributed by atoms with Crippen LogP contribution in [-0.4, -0.2) is 46.0 Å². The largest absolute Gasteiger partial charge is 0.447 e. The van der Waals surface area contributed by atoms with Crippen LogP contribution in [0.2, 0.25) is 10.0 Å². The van der Waals surface area contributed by atoms with Gasteiger partial charge < -0.3 is 0 Å². The van der Waals surface area contributed by atoms with E-state index in [1.54, 1.807) is 25.1 Å². The quantitative estimate of drug-likeness (QED) is 0.248. The van der Waals surface area contributed by atoms with Gasteiger partial charge in [0.15, 0.2) is 0 Å². The highest BCUT2D eigenvalue weighted by atomic mass is 35.5. The number of amides is 2. The van der Waals surface area contributed by atoms with Crippen molar-refractivity contribution < 1.29 is 14.4 Å². The van der Waals surface area contributed by atoms with E-state index >= 15 is 0 Å². The Morgan fingerprint density at radius 2 is 1.74 bits per heavy atom. The van der Waals surface area contributed by atoms with Crippen molar-refractivity contribution >= 4 is 64.1 Å². The molecule has 0 aliphatic carbocycles. The van der Waals surface area contributed by atoms with Crippen molar-refractivity contribution in [1.82, 2.24) is 8.61 Å². The Kier molecular flexibility index (Phi) is 8.04. The topological polar surface area (TPSA) is 62.2 Å². The van der Waals surface area contributed by atoms with Crippen molar-refractivity contribution in [2.24, 2.45) is 5.16 Å². The lowest BCUT2D eigenvalue weighted by atomic mass is 10.2. The molecule has 0 spiro atoms. The van der Waals surface area contributed by atoms with Crippen molar-refractivity contribution in [1.29, 1.82) is 0 Å². The van der Waals surface area contributed by atoms with Crippen LogP contribution >= 0.6 is 47.1 Å². The molecule has 0 bridgehead atoms. The van der Waals surface area contributed by atoms with E-state index in [9.17, 15) is 9.59 Å². The molecule has 1 aromatic rings. The summed E-state index contributed by atoms with van der Waals surface area (Å²) < 4.78 is 2.35. The maximum atomic E-state index is 12.4. The molecule has 0 atom stereocenters. The summed E-state index contributed by atoms with van der Waals surface area (Å²) in [6, 6.07) is 4.78. The Hall–Kier alpha value is -1.09. The van der Waals surface area contributed by atoms with Gasteiger partial charge in [-0.05, 0) is 25.3 Å². The van der Waals surface area contributed by atoms with Crippen LogP contribution in [0, 0.1) is 0 Å². The van der Waals surface area contributed by atoms with Gasteiger partial charge in [0, 0.05) is 14.1 Å². The fraction of sp³-hybridized carbons (Fsp3) is 0.308. The van der Waals surface area contributed by atoms with Crippen LogP contribution in [0.4, 0.5) is 4.79 Å². The molecule has 0 radical (unpaired) electrons. The lowest BCUT2D eigenvalue weighted by molar-refractivity contribution is 0.0888. The van der Waals surface area contributed by atoms with Crippen molar-refractivity contribution in [3.63, 3.8) is 0 Å². The molecular formula is C13H15Cl2N3O3S2. The predicted octanol–water partition coefficient (Wildman–Crippen LogP) is 4.39. The van der Waals surface area contributed by atoms with Gasteiger partial charge in [-0.15, -0.1) is 11.8 Å². The molecule has 0 unspecified atom stereocenters. The Balaban J connectivity index is 2.73. The molecule has 0 saturated heterocycles. The summed E-state index contributed by atoms with van der Waals surface area (Å²) in [6.45, 7) is 1.71. The average molecular weight is 396 g/mol. The number of nitrogens with zero attached hydrogens (tertiary/aromatic N) is 3. The average Bonchev–Trinajstić information content (AvgIpc) is 2.51. The van der Waals surface area contributed by atoms with Gasteiger partial charge in [-0.25, -0.2) is 9.10 Å². The third kappa shape index (κ3) is 5.80. The highest BCUT2D eigenvalue weighted by Gasteiger charge is 2.22. The molecule has 0 fully saturated rings. The van der Waals surface area contributed by atoms with E-state index in [0.717, 1.165) is 16.4 Å². The number of carbonyl (C=O) groups is 2. The van der Waals surface area contributed by atoms with Gasteiger partial charge in [0.05, 0.1) is 27.7 Å². The highest BCUT2D eigenvalue weighted by molar-refractivity contribution is 8.13. The molecule has 6 nitrogen and oxygen atoms in total. The lowest BCUT2D eigenvalue weighted by Crippen LogP contribution is -2.29. The second-order valence-corrected chi connectivity index (χ2v) is 7.22.